The molecule has 2 fully saturated rings. The van der Waals surface area contributed by atoms with Crippen LogP contribution in [0.2, 0.25) is 0 Å². The van der Waals surface area contributed by atoms with Crippen LogP contribution in [0.25, 0.3) is 0 Å². The third kappa shape index (κ3) is 5.33. The largest absolute Gasteiger partial charge is 0.326 e. The van der Waals surface area contributed by atoms with Crippen LogP contribution in [-0.2, 0) is 23.9 Å². The third-order valence-corrected chi connectivity index (χ3v) is 13.5. The highest BCUT2D eigenvalue weighted by atomic mass is 16.1. The minimum absolute atomic E-state index is 0.0132. The maximum atomic E-state index is 12.3. The van der Waals surface area contributed by atoms with E-state index in [9.17, 15) is 9.59 Å². The Bertz CT molecular complexity index is 1600. The van der Waals surface area contributed by atoms with Gasteiger partial charge >= 0.3 is 0 Å². The lowest BCUT2D eigenvalue weighted by atomic mass is 9.56. The zero-order chi connectivity index (χ0) is 33.2. The van der Waals surface area contributed by atoms with Crippen molar-refractivity contribution >= 4 is 0 Å². The summed E-state index contributed by atoms with van der Waals surface area (Å²) in [7, 11) is 4.58. The van der Waals surface area contributed by atoms with Crippen LogP contribution < -0.4 is 11.1 Å². The number of aromatic amines is 2. The second-order valence-electron chi connectivity index (χ2n) is 16.5. The van der Waals surface area contributed by atoms with Crippen LogP contribution >= 0.6 is 0 Å². The molecule has 4 aliphatic carbocycles. The number of pyridine rings is 2. The van der Waals surface area contributed by atoms with Gasteiger partial charge in [-0.2, -0.15) is 0 Å². The fourth-order valence-corrected chi connectivity index (χ4v) is 11.6. The second kappa shape index (κ2) is 12.5. The number of allylic oxidation sites excluding steroid dienone is 2. The predicted octanol–water partition coefficient (Wildman–Crippen LogP) is 4.49. The van der Waals surface area contributed by atoms with Gasteiger partial charge in [-0.3, -0.25) is 19.4 Å². The molecule has 0 unspecified atom stereocenters. The summed E-state index contributed by atoms with van der Waals surface area (Å²) >= 11 is 0. The van der Waals surface area contributed by atoms with Crippen LogP contribution in [0, 0.1) is 23.7 Å². The SMILES string of the molecule is CC1=C[C@H]2Cc3[nH]c(=O)ccc3[C@@]3(C1)[C@@H]2CCCN3CCN(C)CCN(C)CCN1CCC[C@@H]2[C@H]3C=C(C)C[C@]21c1ccc(=O)[nH]c1C3. The molecule has 0 aromatic carbocycles. The first-order valence-electron chi connectivity index (χ1n) is 18.8. The van der Waals surface area contributed by atoms with E-state index in [-0.39, 0.29) is 22.2 Å². The molecule has 8 nitrogen and oxygen atoms in total. The molecule has 0 saturated carbocycles. The van der Waals surface area contributed by atoms with Gasteiger partial charge in [0.15, 0.2) is 0 Å². The van der Waals surface area contributed by atoms with E-state index in [1.165, 1.54) is 59.3 Å². The van der Waals surface area contributed by atoms with Crippen molar-refractivity contribution in [3.63, 3.8) is 0 Å². The van der Waals surface area contributed by atoms with Crippen LogP contribution in [0.1, 0.15) is 74.9 Å². The van der Waals surface area contributed by atoms with E-state index in [4.69, 9.17) is 0 Å². The number of H-pyrrole nitrogens is 2. The summed E-state index contributed by atoms with van der Waals surface area (Å²) in [6.07, 6.45) is 14.2. The molecule has 2 saturated heterocycles. The molecule has 6 aliphatic rings. The maximum absolute atomic E-state index is 12.3. The molecule has 4 bridgehead atoms. The number of nitrogens with one attached hydrogen (secondary N) is 2. The van der Waals surface area contributed by atoms with Gasteiger partial charge < -0.3 is 19.8 Å². The minimum atomic E-state index is 0.0132. The monoisotopic (exact) mass is 652 g/mol. The predicted molar refractivity (Wildman–Crippen MR) is 192 cm³/mol. The van der Waals surface area contributed by atoms with Crippen molar-refractivity contribution in [3.8, 4) is 0 Å². The Balaban J connectivity index is 0.910. The molecule has 258 valence electrons. The molecule has 0 radical (unpaired) electrons. The molecule has 2 N–H and O–H groups in total. The molecule has 2 aromatic rings. The van der Waals surface area contributed by atoms with Crippen molar-refractivity contribution in [3.05, 3.63) is 90.8 Å². The fourth-order valence-electron chi connectivity index (χ4n) is 11.6. The number of hydrogen-bond donors (Lipinski definition) is 2. The molecule has 0 amide bonds. The molecule has 0 spiro atoms. The molecular formula is C40H56N6O2. The van der Waals surface area contributed by atoms with Gasteiger partial charge in [0.25, 0.3) is 0 Å². The van der Waals surface area contributed by atoms with Crippen LogP contribution in [0.3, 0.4) is 0 Å². The van der Waals surface area contributed by atoms with E-state index >= 15 is 0 Å². The molecule has 2 aliphatic heterocycles. The molecule has 8 rings (SSSR count). The van der Waals surface area contributed by atoms with Crippen molar-refractivity contribution in [1.82, 2.24) is 29.6 Å². The molecular weight excluding hydrogens is 596 g/mol. The van der Waals surface area contributed by atoms with Crippen molar-refractivity contribution < 1.29 is 0 Å². The van der Waals surface area contributed by atoms with E-state index in [0.29, 0.717) is 23.7 Å². The van der Waals surface area contributed by atoms with Gasteiger partial charge in [0.2, 0.25) is 11.1 Å². The van der Waals surface area contributed by atoms with Crippen molar-refractivity contribution in [2.24, 2.45) is 23.7 Å². The summed E-state index contributed by atoms with van der Waals surface area (Å²) in [5.74, 6) is 2.32. The van der Waals surface area contributed by atoms with Gasteiger partial charge in [-0.15, -0.1) is 0 Å². The maximum Gasteiger partial charge on any atom is 0.248 e. The Morgan fingerprint density at radius 3 is 1.56 bits per heavy atom. The van der Waals surface area contributed by atoms with Gasteiger partial charge in [0, 0.05) is 62.8 Å². The quantitative estimate of drug-likeness (QED) is 0.389. The van der Waals surface area contributed by atoms with E-state index in [1.54, 1.807) is 12.1 Å². The summed E-state index contributed by atoms with van der Waals surface area (Å²) < 4.78 is 0. The molecule has 6 atom stereocenters. The van der Waals surface area contributed by atoms with Crippen molar-refractivity contribution in [2.45, 2.75) is 76.3 Å². The number of hydrogen-bond acceptors (Lipinski definition) is 6. The highest BCUT2D eigenvalue weighted by molar-refractivity contribution is 5.41. The van der Waals surface area contributed by atoms with Gasteiger partial charge in [-0.05, 0) is 139 Å². The van der Waals surface area contributed by atoms with Crippen molar-refractivity contribution in [1.29, 1.82) is 0 Å². The lowest BCUT2D eigenvalue weighted by Gasteiger charge is -2.60. The Labute approximate surface area is 286 Å². The van der Waals surface area contributed by atoms with E-state index in [2.05, 4.69) is 81.8 Å². The van der Waals surface area contributed by atoms with E-state index in [0.717, 1.165) is 78.0 Å². The van der Waals surface area contributed by atoms with Gasteiger partial charge in [0.05, 0.1) is 11.1 Å². The summed E-state index contributed by atoms with van der Waals surface area (Å²) in [5.41, 5.74) is 8.23. The number of nitrogens with zero attached hydrogens (tertiary/aromatic N) is 4. The highest BCUT2D eigenvalue weighted by Gasteiger charge is 2.56. The van der Waals surface area contributed by atoms with Crippen molar-refractivity contribution in [2.75, 3.05) is 66.5 Å². The Morgan fingerprint density at radius 1 is 0.688 bits per heavy atom. The first-order chi connectivity index (χ1) is 23.2. The van der Waals surface area contributed by atoms with E-state index in [1.807, 2.05) is 0 Å². The number of fused-ring (bicyclic) bond motifs is 2. The Hall–Kier alpha value is -2.78. The number of likely N-dealkylation sites (tertiary alicyclic amines) is 2. The highest BCUT2D eigenvalue weighted by Crippen LogP contribution is 2.58. The molecule has 48 heavy (non-hydrogen) atoms. The van der Waals surface area contributed by atoms with Gasteiger partial charge in [-0.1, -0.05) is 23.3 Å². The number of piperidine rings is 2. The summed E-state index contributed by atoms with van der Waals surface area (Å²) in [5, 5.41) is 0. The molecule has 2 aromatic heterocycles. The topological polar surface area (TPSA) is 78.7 Å². The van der Waals surface area contributed by atoms with Crippen LogP contribution in [-0.4, -0.2) is 96.0 Å². The average molecular weight is 653 g/mol. The smallest absolute Gasteiger partial charge is 0.248 e. The zero-order valence-corrected chi connectivity index (χ0v) is 29.7. The van der Waals surface area contributed by atoms with Crippen LogP contribution in [0.15, 0.2) is 57.2 Å². The van der Waals surface area contributed by atoms with Gasteiger partial charge in [0.1, 0.15) is 0 Å². The first-order valence-corrected chi connectivity index (χ1v) is 18.8. The summed E-state index contributed by atoms with van der Waals surface area (Å²) in [4.78, 5) is 41.8. The number of aromatic nitrogens is 2. The summed E-state index contributed by atoms with van der Waals surface area (Å²) in [6, 6.07) is 7.84. The number of rotatable bonds is 9. The van der Waals surface area contributed by atoms with Gasteiger partial charge in [-0.25, -0.2) is 0 Å². The molecule has 4 heterocycles. The average Bonchev–Trinajstić information content (AvgIpc) is 3.04. The van der Waals surface area contributed by atoms with Crippen LogP contribution in [0.5, 0.6) is 0 Å². The van der Waals surface area contributed by atoms with E-state index < -0.39 is 0 Å². The third-order valence-electron chi connectivity index (χ3n) is 13.5. The molecule has 8 heteroatoms. The lowest BCUT2D eigenvalue weighted by molar-refractivity contribution is -0.0496. The summed E-state index contributed by atoms with van der Waals surface area (Å²) in [6.45, 7) is 13.2. The Morgan fingerprint density at radius 2 is 1.12 bits per heavy atom. The standard InChI is InChI=1S/C40H56N6O2/c1-27-21-29-23-35-33(9-11-37(47)41-35)39(25-27)31(29)7-5-13-45(39)19-17-43(3)15-16-44(4)18-20-46-14-6-8-32-30-22-28(2)26-40(32,46)34-10-12-38(48)42-36(34)24-30/h9-12,21-22,29-32H,5-8,13-20,23-26H2,1-4H3,(H,41,47)(H,42,48)/t29-,30-,31+,32+,39+,40+/m0/s1. The first kappa shape index (κ1) is 32.4. The minimum Gasteiger partial charge on any atom is -0.326 e. The fraction of sp³-hybridized carbons (Fsp3) is 0.650. The normalized spacial score (nSPS) is 32.6. The number of likely N-dealkylation sites (N-methyl/N-ethyl adjacent to an activating group) is 2. The lowest BCUT2D eigenvalue weighted by Crippen LogP contribution is -2.62. The zero-order valence-electron chi connectivity index (χ0n) is 29.7. The Kier molecular flexibility index (Phi) is 8.46. The van der Waals surface area contributed by atoms with Crippen LogP contribution in [0.4, 0.5) is 0 Å². The second-order valence-corrected chi connectivity index (χ2v) is 16.5.